The van der Waals surface area contributed by atoms with E-state index in [0.29, 0.717) is 13.1 Å². The van der Waals surface area contributed by atoms with Crippen LogP contribution in [-0.2, 0) is 22.6 Å². The zero-order valence-electron chi connectivity index (χ0n) is 19.6. The maximum absolute atomic E-state index is 13.0. The highest BCUT2D eigenvalue weighted by Crippen LogP contribution is 2.32. The van der Waals surface area contributed by atoms with E-state index in [0.717, 1.165) is 30.8 Å². The number of hydrogen-bond donors (Lipinski definition) is 2. The number of likely N-dealkylation sites (tertiary alicyclic amines) is 1. The highest BCUT2D eigenvalue weighted by Gasteiger charge is 2.36. The smallest absolute Gasteiger partial charge is 0.225 e. The number of nitrogens with one attached hydrogen (secondary N) is 2. The molecular weight excluding hydrogens is 402 g/mol. The summed E-state index contributed by atoms with van der Waals surface area (Å²) >= 11 is 0. The summed E-state index contributed by atoms with van der Waals surface area (Å²) in [7, 11) is 3.72. The molecule has 3 rings (SSSR count). The number of nitrogens with zero attached hydrogens (tertiary/aromatic N) is 1. The minimum absolute atomic E-state index is 0.0210. The van der Waals surface area contributed by atoms with Crippen LogP contribution in [0.3, 0.4) is 0 Å². The summed E-state index contributed by atoms with van der Waals surface area (Å²) in [4.78, 5) is 27.0. The van der Waals surface area contributed by atoms with Gasteiger partial charge in [-0.05, 0) is 42.3 Å². The van der Waals surface area contributed by atoms with Gasteiger partial charge in [-0.1, -0.05) is 50.2 Å². The molecule has 2 atom stereocenters. The zero-order valence-corrected chi connectivity index (χ0v) is 19.6. The summed E-state index contributed by atoms with van der Waals surface area (Å²) in [6.07, 6.45) is 0.791. The topological polar surface area (TPSA) is 70.7 Å². The predicted molar refractivity (Wildman–Crippen MR) is 127 cm³/mol. The van der Waals surface area contributed by atoms with E-state index in [-0.39, 0.29) is 29.6 Å². The van der Waals surface area contributed by atoms with Crippen LogP contribution in [0.1, 0.15) is 36.5 Å². The fourth-order valence-electron chi connectivity index (χ4n) is 4.13. The lowest BCUT2D eigenvalue weighted by molar-refractivity contribution is -0.125. The van der Waals surface area contributed by atoms with Crippen molar-refractivity contribution >= 4 is 11.8 Å². The first kappa shape index (κ1) is 23.8. The van der Waals surface area contributed by atoms with Gasteiger partial charge in [-0.3, -0.25) is 9.59 Å². The Kier molecular flexibility index (Phi) is 8.28. The molecule has 0 spiro atoms. The summed E-state index contributed by atoms with van der Waals surface area (Å²) in [6.45, 7) is 6.53. The van der Waals surface area contributed by atoms with Gasteiger partial charge in [0.1, 0.15) is 5.75 Å². The second kappa shape index (κ2) is 11.1. The third-order valence-electron chi connectivity index (χ3n) is 6.11. The van der Waals surface area contributed by atoms with Gasteiger partial charge in [-0.15, -0.1) is 0 Å². The Balaban J connectivity index is 1.55. The monoisotopic (exact) mass is 437 g/mol. The molecule has 6 nitrogen and oxygen atoms in total. The molecule has 0 radical (unpaired) electrons. The first-order valence-corrected chi connectivity index (χ1v) is 11.3. The van der Waals surface area contributed by atoms with E-state index < -0.39 is 0 Å². The molecule has 2 aromatic carbocycles. The minimum atomic E-state index is -0.0673. The first-order chi connectivity index (χ1) is 15.4. The average molecular weight is 438 g/mol. The van der Waals surface area contributed by atoms with Gasteiger partial charge in [0.2, 0.25) is 11.8 Å². The van der Waals surface area contributed by atoms with Gasteiger partial charge < -0.3 is 20.3 Å². The quantitative estimate of drug-likeness (QED) is 0.633. The van der Waals surface area contributed by atoms with Gasteiger partial charge >= 0.3 is 0 Å². The van der Waals surface area contributed by atoms with Gasteiger partial charge in [-0.25, -0.2) is 0 Å². The minimum Gasteiger partial charge on any atom is -0.497 e. The van der Waals surface area contributed by atoms with Crippen molar-refractivity contribution in [1.82, 2.24) is 15.5 Å². The van der Waals surface area contributed by atoms with Crippen molar-refractivity contribution in [3.63, 3.8) is 0 Å². The molecule has 1 fully saturated rings. The number of hydrogen-bond acceptors (Lipinski definition) is 4. The third-order valence-corrected chi connectivity index (χ3v) is 6.11. The van der Waals surface area contributed by atoms with Crippen LogP contribution in [0.25, 0.3) is 0 Å². The number of likely N-dealkylation sites (N-methyl/N-ethyl adjacent to an activating group) is 1. The van der Waals surface area contributed by atoms with E-state index >= 15 is 0 Å². The number of rotatable bonds is 9. The molecule has 0 aromatic heterocycles. The van der Waals surface area contributed by atoms with Crippen molar-refractivity contribution in [3.8, 4) is 5.75 Å². The van der Waals surface area contributed by atoms with E-state index in [4.69, 9.17) is 4.74 Å². The molecule has 0 aliphatic carbocycles. The molecule has 172 valence electrons. The number of carbonyl (C=O) groups excluding carboxylic acids is 2. The van der Waals surface area contributed by atoms with E-state index in [1.54, 1.807) is 7.11 Å². The highest BCUT2D eigenvalue weighted by atomic mass is 16.5. The number of methoxy groups -OCH3 is 1. The lowest BCUT2D eigenvalue weighted by Gasteiger charge is -2.19. The Hall–Kier alpha value is -2.86. The molecule has 0 unspecified atom stereocenters. The van der Waals surface area contributed by atoms with E-state index in [1.807, 2.05) is 50.2 Å². The summed E-state index contributed by atoms with van der Waals surface area (Å²) < 4.78 is 5.19. The van der Waals surface area contributed by atoms with Crippen LogP contribution in [0.4, 0.5) is 0 Å². The van der Waals surface area contributed by atoms with Crippen molar-refractivity contribution in [2.75, 3.05) is 33.8 Å². The normalized spacial score (nSPS) is 18.5. The Morgan fingerprint density at radius 3 is 2.28 bits per heavy atom. The van der Waals surface area contributed by atoms with Crippen molar-refractivity contribution in [3.05, 3.63) is 65.2 Å². The molecular formula is C26H35N3O3. The Morgan fingerprint density at radius 1 is 1.00 bits per heavy atom. The fraction of sp³-hybridized carbons (Fsp3) is 0.462. The van der Waals surface area contributed by atoms with E-state index in [2.05, 4.69) is 34.7 Å². The Bertz CT molecular complexity index is 894. The van der Waals surface area contributed by atoms with Crippen LogP contribution >= 0.6 is 0 Å². The molecule has 1 aliphatic rings. The first-order valence-electron chi connectivity index (χ1n) is 11.3. The number of ether oxygens (including phenoxy) is 1. The Morgan fingerprint density at radius 2 is 1.66 bits per heavy atom. The summed E-state index contributed by atoms with van der Waals surface area (Å²) in [5.74, 6) is 1.08. The second-order valence-corrected chi connectivity index (χ2v) is 8.94. The van der Waals surface area contributed by atoms with Gasteiger partial charge in [-0.2, -0.15) is 0 Å². The molecule has 32 heavy (non-hydrogen) atoms. The maximum atomic E-state index is 13.0. The van der Waals surface area contributed by atoms with E-state index in [9.17, 15) is 9.59 Å². The number of amides is 2. The molecule has 2 aromatic rings. The SMILES string of the molecule is COc1ccc(CCNC(=O)[C@H]2CN(C)C[C@H]2c2ccc(CNC(=O)C(C)C)cc2)cc1. The van der Waals surface area contributed by atoms with E-state index in [1.165, 1.54) is 11.1 Å². The molecule has 2 N–H and O–H groups in total. The predicted octanol–water partition coefficient (Wildman–Crippen LogP) is 2.97. The second-order valence-electron chi connectivity index (χ2n) is 8.94. The van der Waals surface area contributed by atoms with Crippen molar-refractivity contribution in [1.29, 1.82) is 0 Å². The summed E-state index contributed by atoms with van der Waals surface area (Å²) in [5.41, 5.74) is 3.41. The van der Waals surface area contributed by atoms with Crippen LogP contribution in [0.5, 0.6) is 5.75 Å². The van der Waals surface area contributed by atoms with Crippen LogP contribution in [0.15, 0.2) is 48.5 Å². The summed E-state index contributed by atoms with van der Waals surface area (Å²) in [5, 5.41) is 6.08. The van der Waals surface area contributed by atoms with Crippen LogP contribution in [-0.4, -0.2) is 50.5 Å². The number of benzene rings is 2. The molecule has 2 amide bonds. The molecule has 1 aliphatic heterocycles. The molecule has 1 saturated heterocycles. The van der Waals surface area contributed by atoms with Crippen molar-refractivity contribution in [2.24, 2.45) is 11.8 Å². The van der Waals surface area contributed by atoms with Crippen LogP contribution < -0.4 is 15.4 Å². The van der Waals surface area contributed by atoms with Gasteiger partial charge in [0, 0.05) is 38.0 Å². The van der Waals surface area contributed by atoms with Crippen molar-refractivity contribution in [2.45, 2.75) is 32.7 Å². The maximum Gasteiger partial charge on any atom is 0.225 e. The molecule has 1 heterocycles. The standard InChI is InChI=1S/C26H35N3O3/c1-18(2)25(30)28-15-20-5-9-21(10-6-20)23-16-29(3)17-24(23)26(31)27-14-13-19-7-11-22(32-4)12-8-19/h5-12,18,23-24H,13-17H2,1-4H3,(H,27,31)(H,28,30)/t23-,24-/m0/s1. The van der Waals surface area contributed by atoms with Crippen LogP contribution in [0, 0.1) is 11.8 Å². The van der Waals surface area contributed by atoms with Gasteiger partial charge in [0.15, 0.2) is 0 Å². The lowest BCUT2D eigenvalue weighted by Crippen LogP contribution is -2.35. The fourth-order valence-corrected chi connectivity index (χ4v) is 4.13. The molecule has 6 heteroatoms. The number of carbonyl (C=O) groups is 2. The van der Waals surface area contributed by atoms with Gasteiger partial charge in [0.25, 0.3) is 0 Å². The third kappa shape index (κ3) is 6.33. The molecule has 0 saturated carbocycles. The largest absolute Gasteiger partial charge is 0.497 e. The van der Waals surface area contributed by atoms with Crippen molar-refractivity contribution < 1.29 is 14.3 Å². The Labute approximate surface area is 191 Å². The molecule has 0 bridgehead atoms. The van der Waals surface area contributed by atoms with Crippen LogP contribution in [0.2, 0.25) is 0 Å². The van der Waals surface area contributed by atoms with Gasteiger partial charge in [0.05, 0.1) is 13.0 Å². The zero-order chi connectivity index (χ0) is 23.1. The summed E-state index contributed by atoms with van der Waals surface area (Å²) in [6, 6.07) is 16.2. The highest BCUT2D eigenvalue weighted by molar-refractivity contribution is 5.80. The lowest BCUT2D eigenvalue weighted by atomic mass is 9.88. The average Bonchev–Trinajstić information content (AvgIpc) is 3.19.